The molecule has 258 valence electrons. The maximum absolute atomic E-state index is 14.1. The molecule has 15 heteroatoms. The van der Waals surface area contributed by atoms with Crippen LogP contribution in [0.1, 0.15) is 42.4 Å². The summed E-state index contributed by atoms with van der Waals surface area (Å²) < 4.78 is 54.3. The van der Waals surface area contributed by atoms with Crippen LogP contribution in [0.2, 0.25) is 0 Å². The lowest BCUT2D eigenvalue weighted by molar-refractivity contribution is -0.228. The molecule has 5 aromatic rings. The summed E-state index contributed by atoms with van der Waals surface area (Å²) in [6.45, 7) is 5.84. The number of alkyl halides is 2. The van der Waals surface area contributed by atoms with Gasteiger partial charge in [0.15, 0.2) is 17.2 Å². The number of fused-ring (bicyclic) bond motifs is 3. The van der Waals surface area contributed by atoms with Crippen LogP contribution in [0.5, 0.6) is 5.88 Å². The average Bonchev–Trinajstić information content (AvgIpc) is 3.80. The number of hydrogen-bond donors (Lipinski definition) is 1. The second-order valence-electron chi connectivity index (χ2n) is 12.9. The Hall–Kier alpha value is -5.33. The standard InChI is InChI=1S/C35H33F2N7O6/c1-19-5-4-6-24-27-29(50-28(19)24)32(40-31(39-27)30(36)37)44-16-23(14-26(44)34(45)46)49-33-25(43-11-12-48-35(20(43)2)17-47-18-35)13-21(15-38-33)7-8-22-9-10-42(3)41-22/h4-6,9-10,13,15,20,23,26,30H,11-12,14,16-18H2,1-3H3,(H,45,46)/t20-,23+,26+/m1/s1. The minimum atomic E-state index is -2.99. The topological polar surface area (TPSA) is 141 Å². The van der Waals surface area contributed by atoms with Crippen LogP contribution in [0.15, 0.2) is 47.1 Å². The number of carboxylic acids is 1. The number of halogens is 2. The first-order valence-electron chi connectivity index (χ1n) is 16.2. The summed E-state index contributed by atoms with van der Waals surface area (Å²) in [5.74, 6) is 4.59. The van der Waals surface area contributed by atoms with E-state index in [4.69, 9.17) is 18.6 Å². The van der Waals surface area contributed by atoms with Gasteiger partial charge >= 0.3 is 5.97 Å². The highest BCUT2D eigenvalue weighted by atomic mass is 19.3. The molecule has 4 aromatic heterocycles. The highest BCUT2D eigenvalue weighted by Crippen LogP contribution is 2.41. The van der Waals surface area contributed by atoms with Crippen LogP contribution >= 0.6 is 0 Å². The number of carboxylic acid groups (broad SMARTS) is 1. The summed E-state index contributed by atoms with van der Waals surface area (Å²) in [6, 6.07) is 7.81. The van der Waals surface area contributed by atoms with Gasteiger partial charge in [0.2, 0.25) is 5.88 Å². The van der Waals surface area contributed by atoms with E-state index < -0.39 is 36.0 Å². The van der Waals surface area contributed by atoms with Crippen molar-refractivity contribution in [3.05, 3.63) is 65.4 Å². The van der Waals surface area contributed by atoms with Crippen molar-refractivity contribution in [1.82, 2.24) is 24.7 Å². The second kappa shape index (κ2) is 12.2. The van der Waals surface area contributed by atoms with Crippen LogP contribution in [0.25, 0.3) is 22.1 Å². The fourth-order valence-electron chi connectivity index (χ4n) is 6.94. The van der Waals surface area contributed by atoms with Crippen molar-refractivity contribution in [3.8, 4) is 17.7 Å². The summed E-state index contributed by atoms with van der Waals surface area (Å²) in [7, 11) is 1.82. The first kappa shape index (κ1) is 31.9. The zero-order chi connectivity index (χ0) is 34.7. The second-order valence-corrected chi connectivity index (χ2v) is 12.9. The van der Waals surface area contributed by atoms with Crippen molar-refractivity contribution < 1.29 is 37.3 Å². The third-order valence-electron chi connectivity index (χ3n) is 9.66. The molecule has 3 saturated heterocycles. The van der Waals surface area contributed by atoms with Crippen molar-refractivity contribution in [2.24, 2.45) is 7.05 Å². The fraction of sp³-hybridized carbons (Fsp3) is 0.400. The number of aliphatic carboxylic acids is 1. The van der Waals surface area contributed by atoms with Crippen LogP contribution in [0, 0.1) is 18.8 Å². The Balaban J connectivity index is 1.16. The largest absolute Gasteiger partial charge is 0.480 e. The number of furan rings is 1. The van der Waals surface area contributed by atoms with E-state index in [1.54, 1.807) is 23.0 Å². The number of rotatable bonds is 6. The number of hydrogen-bond acceptors (Lipinski definition) is 11. The van der Waals surface area contributed by atoms with Crippen molar-refractivity contribution in [3.63, 3.8) is 0 Å². The fourth-order valence-corrected chi connectivity index (χ4v) is 6.94. The third-order valence-corrected chi connectivity index (χ3v) is 9.66. The van der Waals surface area contributed by atoms with E-state index in [-0.39, 0.29) is 41.8 Å². The zero-order valence-corrected chi connectivity index (χ0v) is 27.5. The van der Waals surface area contributed by atoms with Gasteiger partial charge in [0.05, 0.1) is 32.4 Å². The maximum Gasteiger partial charge on any atom is 0.326 e. The van der Waals surface area contributed by atoms with E-state index in [0.29, 0.717) is 54.3 Å². The molecule has 0 unspecified atom stereocenters. The van der Waals surface area contributed by atoms with E-state index in [1.165, 1.54) is 4.90 Å². The number of aryl methyl sites for hydroxylation is 2. The SMILES string of the molecule is Cc1cccc2c1oc1c(N3C[C@@H](Oc4ncc(C#Cc5ccn(C)n5)cc4N4CCOC5(COC5)[C@H]4C)C[C@H]3C(=O)O)nc(C(F)F)nc12. The Labute approximate surface area is 284 Å². The number of anilines is 2. The molecule has 7 heterocycles. The van der Waals surface area contributed by atoms with Crippen LogP contribution in [0.3, 0.4) is 0 Å². The molecule has 8 rings (SSSR count). The molecule has 3 aliphatic heterocycles. The number of pyridine rings is 1. The molecule has 3 atom stereocenters. The highest BCUT2D eigenvalue weighted by molar-refractivity contribution is 6.07. The lowest BCUT2D eigenvalue weighted by atomic mass is 9.90. The van der Waals surface area contributed by atoms with Crippen LogP contribution in [-0.4, -0.2) is 92.5 Å². The molecule has 50 heavy (non-hydrogen) atoms. The van der Waals surface area contributed by atoms with Gasteiger partial charge in [0.25, 0.3) is 6.43 Å². The molecule has 1 aromatic carbocycles. The van der Waals surface area contributed by atoms with Gasteiger partial charge < -0.3 is 33.5 Å². The quantitative estimate of drug-likeness (QED) is 0.256. The van der Waals surface area contributed by atoms with E-state index in [9.17, 15) is 18.7 Å². The molecule has 0 saturated carbocycles. The van der Waals surface area contributed by atoms with Crippen LogP contribution in [0.4, 0.5) is 20.3 Å². The molecule has 1 N–H and O–H groups in total. The number of carbonyl (C=O) groups is 1. The van der Waals surface area contributed by atoms with Crippen LogP contribution in [-0.2, 0) is 21.3 Å². The van der Waals surface area contributed by atoms with Crippen molar-refractivity contribution in [2.45, 2.75) is 50.5 Å². The third kappa shape index (κ3) is 5.44. The lowest BCUT2D eigenvalue weighted by Crippen LogP contribution is -2.68. The van der Waals surface area contributed by atoms with Gasteiger partial charge in [-0.25, -0.2) is 28.5 Å². The summed E-state index contributed by atoms with van der Waals surface area (Å²) in [5.41, 5.74) is 3.01. The molecule has 0 aliphatic carbocycles. The van der Waals surface area contributed by atoms with Crippen LogP contribution < -0.4 is 14.5 Å². The van der Waals surface area contributed by atoms with E-state index >= 15 is 0 Å². The Morgan fingerprint density at radius 2 is 2.00 bits per heavy atom. The highest BCUT2D eigenvalue weighted by Gasteiger charge is 2.50. The Morgan fingerprint density at radius 3 is 2.72 bits per heavy atom. The molecule has 0 bridgehead atoms. The number of para-hydroxylation sites is 1. The summed E-state index contributed by atoms with van der Waals surface area (Å²) in [4.78, 5) is 29.2. The van der Waals surface area contributed by atoms with E-state index in [0.717, 1.165) is 5.56 Å². The minimum absolute atomic E-state index is 0.0145. The molecular formula is C35H33F2N7O6. The van der Waals surface area contributed by atoms with Gasteiger partial charge in [0.1, 0.15) is 40.2 Å². The Bertz CT molecular complexity index is 2190. The number of ether oxygens (including phenoxy) is 3. The number of nitrogens with zero attached hydrogens (tertiary/aromatic N) is 7. The maximum atomic E-state index is 14.1. The van der Waals surface area contributed by atoms with Crippen molar-refractivity contribution in [2.75, 3.05) is 42.7 Å². The average molecular weight is 686 g/mol. The smallest absolute Gasteiger partial charge is 0.326 e. The van der Waals surface area contributed by atoms with E-state index in [1.807, 2.05) is 38.4 Å². The molecule has 3 fully saturated rings. The first-order valence-corrected chi connectivity index (χ1v) is 16.2. The lowest BCUT2D eigenvalue weighted by Gasteiger charge is -2.53. The summed E-state index contributed by atoms with van der Waals surface area (Å²) in [6.07, 6.45) is -0.245. The predicted molar refractivity (Wildman–Crippen MR) is 177 cm³/mol. The molecule has 13 nitrogen and oxygen atoms in total. The number of benzene rings is 1. The summed E-state index contributed by atoms with van der Waals surface area (Å²) in [5, 5.41) is 15.2. The predicted octanol–water partition coefficient (Wildman–Crippen LogP) is 4.26. The van der Waals surface area contributed by atoms with Gasteiger partial charge in [-0.15, -0.1) is 0 Å². The van der Waals surface area contributed by atoms with Gasteiger partial charge in [0, 0.05) is 43.4 Å². The normalized spacial score (nSPS) is 21.5. The molecule has 0 radical (unpaired) electrons. The first-order chi connectivity index (χ1) is 24.1. The zero-order valence-electron chi connectivity index (χ0n) is 27.5. The number of aromatic nitrogens is 5. The molecule has 0 amide bonds. The van der Waals surface area contributed by atoms with Crippen molar-refractivity contribution in [1.29, 1.82) is 0 Å². The Morgan fingerprint density at radius 1 is 1.16 bits per heavy atom. The monoisotopic (exact) mass is 685 g/mol. The van der Waals surface area contributed by atoms with Gasteiger partial charge in [-0.2, -0.15) is 5.10 Å². The van der Waals surface area contributed by atoms with Gasteiger partial charge in [-0.1, -0.05) is 18.1 Å². The Kier molecular flexibility index (Phi) is 7.80. The molecular weight excluding hydrogens is 652 g/mol. The summed E-state index contributed by atoms with van der Waals surface area (Å²) >= 11 is 0. The van der Waals surface area contributed by atoms with E-state index in [2.05, 4.69) is 43.7 Å². The van der Waals surface area contributed by atoms with Gasteiger partial charge in [-0.3, -0.25) is 4.68 Å². The van der Waals surface area contributed by atoms with Gasteiger partial charge in [-0.05, 0) is 43.5 Å². The van der Waals surface area contributed by atoms with Crippen molar-refractivity contribution >= 4 is 39.5 Å². The number of morpholine rings is 1. The molecule has 1 spiro atoms. The molecule has 3 aliphatic rings. The minimum Gasteiger partial charge on any atom is -0.480 e.